The standard InChI is InChI=1S/C23H24F4N2O3S/c1-33(31,32)28-21-19(29(13-23(21,26)27)22(30)16-10-17(24)11-16)12-15-8-5-9-18(20(15)25)14-6-3-2-4-7-14/h2-9,16-17,19,21,28H,10-13H2,1H3/t16?,17?,19-,21+/m0/s1. The second-order valence-electron chi connectivity index (χ2n) is 8.78. The minimum Gasteiger partial charge on any atom is -0.331 e. The number of hydrogen-bond acceptors (Lipinski definition) is 3. The van der Waals surface area contributed by atoms with Crippen LogP contribution < -0.4 is 4.72 Å². The van der Waals surface area contributed by atoms with Gasteiger partial charge in [0.1, 0.15) is 18.0 Å². The van der Waals surface area contributed by atoms with Crippen LogP contribution in [0.5, 0.6) is 0 Å². The number of alkyl halides is 3. The van der Waals surface area contributed by atoms with Gasteiger partial charge in [0.2, 0.25) is 15.9 Å². The highest BCUT2D eigenvalue weighted by molar-refractivity contribution is 7.88. The molecule has 178 valence electrons. The van der Waals surface area contributed by atoms with Gasteiger partial charge in [-0.2, -0.15) is 0 Å². The Balaban J connectivity index is 1.70. The molecule has 2 atom stereocenters. The van der Waals surface area contributed by atoms with Crippen LogP contribution in [-0.2, 0) is 21.2 Å². The maximum atomic E-state index is 15.4. The third-order valence-electron chi connectivity index (χ3n) is 6.27. The summed E-state index contributed by atoms with van der Waals surface area (Å²) in [6.07, 6.45) is -0.857. The summed E-state index contributed by atoms with van der Waals surface area (Å²) >= 11 is 0. The third kappa shape index (κ3) is 4.91. The number of amides is 1. The van der Waals surface area contributed by atoms with Gasteiger partial charge < -0.3 is 4.90 Å². The van der Waals surface area contributed by atoms with Gasteiger partial charge >= 0.3 is 0 Å². The molecule has 1 aliphatic heterocycles. The Bertz CT molecular complexity index is 1140. The van der Waals surface area contributed by atoms with E-state index in [1.165, 1.54) is 6.07 Å². The van der Waals surface area contributed by atoms with E-state index >= 15 is 4.39 Å². The van der Waals surface area contributed by atoms with Gasteiger partial charge in [0.25, 0.3) is 5.92 Å². The van der Waals surface area contributed by atoms with Crippen molar-refractivity contribution in [1.29, 1.82) is 0 Å². The smallest absolute Gasteiger partial charge is 0.283 e. The monoisotopic (exact) mass is 484 g/mol. The Labute approximate surface area is 189 Å². The molecule has 0 aromatic heterocycles. The number of carbonyl (C=O) groups excluding carboxylic acids is 1. The van der Waals surface area contributed by atoms with Gasteiger partial charge in [-0.1, -0.05) is 48.5 Å². The summed E-state index contributed by atoms with van der Waals surface area (Å²) in [5.41, 5.74) is 0.938. The average molecular weight is 485 g/mol. The molecule has 1 aliphatic carbocycles. The zero-order valence-corrected chi connectivity index (χ0v) is 18.7. The second kappa shape index (κ2) is 8.72. The van der Waals surface area contributed by atoms with Crippen molar-refractivity contribution in [2.75, 3.05) is 12.8 Å². The van der Waals surface area contributed by atoms with Crippen molar-refractivity contribution in [3.63, 3.8) is 0 Å². The molecule has 4 rings (SSSR count). The van der Waals surface area contributed by atoms with Gasteiger partial charge in [0, 0.05) is 11.5 Å². The quantitative estimate of drug-likeness (QED) is 0.638. The summed E-state index contributed by atoms with van der Waals surface area (Å²) in [7, 11) is -4.06. The summed E-state index contributed by atoms with van der Waals surface area (Å²) in [6.45, 7) is -1.02. The molecule has 1 heterocycles. The van der Waals surface area contributed by atoms with E-state index < -0.39 is 58.4 Å². The zero-order chi connectivity index (χ0) is 24.0. The van der Waals surface area contributed by atoms with E-state index in [-0.39, 0.29) is 30.4 Å². The number of nitrogens with zero attached hydrogens (tertiary/aromatic N) is 1. The molecule has 0 radical (unpaired) electrons. The predicted octanol–water partition coefficient (Wildman–Crippen LogP) is 3.55. The highest BCUT2D eigenvalue weighted by Crippen LogP contribution is 2.40. The van der Waals surface area contributed by atoms with Crippen molar-refractivity contribution >= 4 is 15.9 Å². The molecular weight excluding hydrogens is 460 g/mol. The van der Waals surface area contributed by atoms with Gasteiger partial charge in [-0.3, -0.25) is 4.79 Å². The molecule has 0 bridgehead atoms. The van der Waals surface area contributed by atoms with Gasteiger partial charge in [-0.25, -0.2) is 30.7 Å². The lowest BCUT2D eigenvalue weighted by molar-refractivity contribution is -0.142. The van der Waals surface area contributed by atoms with E-state index in [1.54, 1.807) is 42.5 Å². The molecule has 0 spiro atoms. The van der Waals surface area contributed by atoms with Crippen LogP contribution in [0.15, 0.2) is 48.5 Å². The van der Waals surface area contributed by atoms with E-state index in [0.717, 1.165) is 11.2 Å². The molecule has 0 unspecified atom stereocenters. The van der Waals surface area contributed by atoms with Crippen molar-refractivity contribution in [1.82, 2.24) is 9.62 Å². The Hall–Kier alpha value is -2.46. The molecule has 33 heavy (non-hydrogen) atoms. The van der Waals surface area contributed by atoms with Crippen molar-refractivity contribution in [3.8, 4) is 11.1 Å². The van der Waals surface area contributed by atoms with Crippen LogP contribution in [-0.4, -0.2) is 56.2 Å². The lowest BCUT2D eigenvalue weighted by atomic mass is 9.82. The molecule has 2 aliphatic rings. The van der Waals surface area contributed by atoms with Crippen LogP contribution in [0.2, 0.25) is 0 Å². The first-order valence-electron chi connectivity index (χ1n) is 10.6. The van der Waals surface area contributed by atoms with E-state index in [2.05, 4.69) is 0 Å². The fourth-order valence-corrected chi connectivity index (χ4v) is 5.35. The van der Waals surface area contributed by atoms with Crippen molar-refractivity contribution in [2.24, 2.45) is 5.92 Å². The zero-order valence-electron chi connectivity index (χ0n) is 17.8. The molecule has 1 amide bonds. The molecule has 1 saturated heterocycles. The van der Waals surface area contributed by atoms with Crippen LogP contribution in [0.25, 0.3) is 11.1 Å². The fraction of sp³-hybridized carbons (Fsp3) is 0.435. The van der Waals surface area contributed by atoms with Crippen molar-refractivity contribution in [2.45, 2.75) is 43.4 Å². The van der Waals surface area contributed by atoms with Crippen molar-refractivity contribution < 1.29 is 30.8 Å². The van der Waals surface area contributed by atoms with Gasteiger partial charge in [-0.15, -0.1) is 0 Å². The van der Waals surface area contributed by atoms with Crippen LogP contribution in [0, 0.1) is 11.7 Å². The Morgan fingerprint density at radius 3 is 2.39 bits per heavy atom. The largest absolute Gasteiger partial charge is 0.331 e. The van der Waals surface area contributed by atoms with E-state index in [9.17, 15) is 26.4 Å². The average Bonchev–Trinajstić information content (AvgIpc) is 2.96. The first-order valence-corrected chi connectivity index (χ1v) is 12.5. The first-order chi connectivity index (χ1) is 15.5. The van der Waals surface area contributed by atoms with Crippen LogP contribution in [0.1, 0.15) is 18.4 Å². The normalized spacial score (nSPS) is 26.8. The number of nitrogens with one attached hydrogen (secondary N) is 1. The van der Waals surface area contributed by atoms with Crippen molar-refractivity contribution in [3.05, 3.63) is 59.9 Å². The number of likely N-dealkylation sites (tertiary alicyclic amines) is 1. The SMILES string of the molecule is CS(=O)(=O)N[C@@H]1[C@H](Cc2cccc(-c3ccccc3)c2F)N(C(=O)C2CC(F)C2)CC1(F)F. The Kier molecular flexibility index (Phi) is 6.26. The third-order valence-corrected chi connectivity index (χ3v) is 6.95. The molecule has 2 aromatic carbocycles. The Morgan fingerprint density at radius 1 is 1.12 bits per heavy atom. The number of hydrogen-bond donors (Lipinski definition) is 1. The molecule has 2 fully saturated rings. The van der Waals surface area contributed by atoms with E-state index in [1.807, 2.05) is 4.72 Å². The fourth-order valence-electron chi connectivity index (χ4n) is 4.56. The molecule has 5 nitrogen and oxygen atoms in total. The van der Waals surface area contributed by atoms with E-state index in [4.69, 9.17) is 0 Å². The Morgan fingerprint density at radius 2 is 1.79 bits per heavy atom. The summed E-state index contributed by atoms with van der Waals surface area (Å²) in [5.74, 6) is -5.60. The number of halogens is 4. The number of carbonyl (C=O) groups is 1. The number of rotatable bonds is 6. The summed E-state index contributed by atoms with van der Waals surface area (Å²) in [5, 5.41) is 0. The molecule has 1 N–H and O–H groups in total. The lowest BCUT2D eigenvalue weighted by Crippen LogP contribution is -2.53. The maximum absolute atomic E-state index is 15.4. The minimum absolute atomic E-state index is 0.0599. The van der Waals surface area contributed by atoms with Gasteiger partial charge in [0.05, 0.1) is 18.8 Å². The molecule has 1 saturated carbocycles. The van der Waals surface area contributed by atoms with Crippen LogP contribution >= 0.6 is 0 Å². The topological polar surface area (TPSA) is 66.5 Å². The summed E-state index contributed by atoms with van der Waals surface area (Å²) in [4.78, 5) is 13.8. The van der Waals surface area contributed by atoms with E-state index in [0.29, 0.717) is 5.56 Å². The first kappa shape index (κ1) is 23.7. The predicted molar refractivity (Wildman–Crippen MR) is 115 cm³/mol. The van der Waals surface area contributed by atoms with Gasteiger partial charge in [0.15, 0.2) is 0 Å². The highest BCUT2D eigenvalue weighted by atomic mass is 32.2. The molecular formula is C23H24F4N2O3S. The minimum atomic E-state index is -4.06. The summed E-state index contributed by atoms with van der Waals surface area (Å²) < 4.78 is 84.2. The van der Waals surface area contributed by atoms with Crippen LogP contribution in [0.3, 0.4) is 0 Å². The lowest BCUT2D eigenvalue weighted by Gasteiger charge is -2.35. The molecule has 10 heteroatoms. The number of benzene rings is 2. The number of sulfonamides is 1. The summed E-state index contributed by atoms with van der Waals surface area (Å²) in [6, 6.07) is 9.97. The van der Waals surface area contributed by atoms with Gasteiger partial charge in [-0.05, 0) is 30.4 Å². The molecule has 2 aromatic rings. The second-order valence-corrected chi connectivity index (χ2v) is 10.6. The highest BCUT2D eigenvalue weighted by Gasteiger charge is 2.58. The maximum Gasteiger partial charge on any atom is 0.283 e. The van der Waals surface area contributed by atoms with Crippen LogP contribution in [0.4, 0.5) is 17.6 Å².